The number of nitrogens with two attached hydrogens (primary N) is 2. The number of hydrogen-bond acceptors (Lipinski definition) is 6. The fourth-order valence-electron chi connectivity index (χ4n) is 1.42. The molecule has 90 valence electrons. The fourth-order valence-corrected chi connectivity index (χ4v) is 1.42. The first kappa shape index (κ1) is 12.5. The van der Waals surface area contributed by atoms with E-state index in [1.807, 2.05) is 0 Å². The molecule has 1 heterocycles. The monoisotopic (exact) mass is 224 g/mol. The lowest BCUT2D eigenvalue weighted by molar-refractivity contribution is 0.644. The molecule has 0 aliphatic carbocycles. The molecule has 0 fully saturated rings. The number of nitrogens with zero attached hydrogens (tertiary/aromatic N) is 3. The van der Waals surface area contributed by atoms with Gasteiger partial charge in [-0.15, -0.1) is 0 Å². The van der Waals surface area contributed by atoms with Gasteiger partial charge in [0.05, 0.1) is 0 Å². The van der Waals surface area contributed by atoms with Crippen molar-refractivity contribution >= 4 is 17.8 Å². The predicted octanol–water partition coefficient (Wildman–Crippen LogP) is 1.42. The topological polar surface area (TPSA) is 103 Å². The first-order chi connectivity index (χ1) is 7.72. The van der Waals surface area contributed by atoms with Crippen LogP contribution in [0, 0.1) is 0 Å². The van der Waals surface area contributed by atoms with E-state index in [0.29, 0.717) is 5.95 Å². The van der Waals surface area contributed by atoms with Gasteiger partial charge in [-0.1, -0.05) is 32.6 Å². The molecule has 1 aromatic heterocycles. The summed E-state index contributed by atoms with van der Waals surface area (Å²) in [6, 6.07) is 0. The second-order valence-corrected chi connectivity index (χ2v) is 3.72. The van der Waals surface area contributed by atoms with Gasteiger partial charge in [-0.2, -0.15) is 15.0 Å². The molecule has 0 amide bonds. The summed E-state index contributed by atoms with van der Waals surface area (Å²) in [6.45, 7) is 3.04. The molecule has 6 heteroatoms. The average molecular weight is 224 g/mol. The molecule has 0 bridgehead atoms. The van der Waals surface area contributed by atoms with Crippen LogP contribution in [0.2, 0.25) is 0 Å². The number of aromatic nitrogens is 3. The van der Waals surface area contributed by atoms with Crippen LogP contribution in [0.3, 0.4) is 0 Å². The van der Waals surface area contributed by atoms with Crippen molar-refractivity contribution in [1.29, 1.82) is 0 Å². The van der Waals surface area contributed by atoms with E-state index in [-0.39, 0.29) is 11.9 Å². The molecule has 0 radical (unpaired) electrons. The summed E-state index contributed by atoms with van der Waals surface area (Å²) < 4.78 is 0. The molecule has 6 nitrogen and oxygen atoms in total. The summed E-state index contributed by atoms with van der Waals surface area (Å²) >= 11 is 0. The minimum Gasteiger partial charge on any atom is -0.368 e. The molecule has 0 saturated heterocycles. The third-order valence-corrected chi connectivity index (χ3v) is 2.23. The number of hydrogen-bond donors (Lipinski definition) is 3. The maximum Gasteiger partial charge on any atom is 0.229 e. The van der Waals surface area contributed by atoms with E-state index in [0.717, 1.165) is 13.0 Å². The lowest BCUT2D eigenvalue weighted by Gasteiger charge is -2.05. The average Bonchev–Trinajstić information content (AvgIpc) is 2.22. The maximum atomic E-state index is 5.45. The van der Waals surface area contributed by atoms with E-state index in [1.54, 1.807) is 0 Å². The van der Waals surface area contributed by atoms with E-state index >= 15 is 0 Å². The van der Waals surface area contributed by atoms with Crippen molar-refractivity contribution in [3.05, 3.63) is 0 Å². The second kappa shape index (κ2) is 6.81. The molecule has 0 unspecified atom stereocenters. The highest BCUT2D eigenvalue weighted by atomic mass is 15.2. The van der Waals surface area contributed by atoms with E-state index in [4.69, 9.17) is 11.5 Å². The first-order valence-corrected chi connectivity index (χ1v) is 5.73. The van der Waals surface area contributed by atoms with Gasteiger partial charge in [-0.3, -0.25) is 0 Å². The van der Waals surface area contributed by atoms with Gasteiger partial charge in [0.25, 0.3) is 0 Å². The van der Waals surface area contributed by atoms with Crippen LogP contribution in [0.1, 0.15) is 39.0 Å². The highest BCUT2D eigenvalue weighted by Gasteiger charge is 2.00. The van der Waals surface area contributed by atoms with E-state index in [9.17, 15) is 0 Å². The van der Waals surface area contributed by atoms with Crippen LogP contribution in [0.5, 0.6) is 0 Å². The van der Waals surface area contributed by atoms with Gasteiger partial charge < -0.3 is 16.8 Å². The number of nitrogens with one attached hydrogen (secondary N) is 1. The van der Waals surface area contributed by atoms with E-state index in [2.05, 4.69) is 27.2 Å². The highest BCUT2D eigenvalue weighted by molar-refractivity contribution is 5.36. The zero-order valence-corrected chi connectivity index (χ0v) is 9.74. The standard InChI is InChI=1S/C10H20N6/c1-2-3-4-5-6-7-13-10-15-8(11)14-9(12)16-10/h2-7H2,1H3,(H5,11,12,13,14,15,16). The first-order valence-electron chi connectivity index (χ1n) is 5.73. The quantitative estimate of drug-likeness (QED) is 0.605. The summed E-state index contributed by atoms with van der Waals surface area (Å²) in [5, 5.41) is 3.08. The largest absolute Gasteiger partial charge is 0.368 e. The molecule has 0 saturated carbocycles. The molecule has 1 rings (SSSR count). The Balaban J connectivity index is 2.21. The van der Waals surface area contributed by atoms with Crippen molar-refractivity contribution in [3.8, 4) is 0 Å². The van der Waals surface area contributed by atoms with Crippen LogP contribution in [-0.2, 0) is 0 Å². The van der Waals surface area contributed by atoms with Crippen molar-refractivity contribution in [1.82, 2.24) is 15.0 Å². The van der Waals surface area contributed by atoms with Gasteiger partial charge in [0, 0.05) is 6.54 Å². The van der Waals surface area contributed by atoms with Crippen LogP contribution >= 0.6 is 0 Å². The summed E-state index contributed by atoms with van der Waals surface area (Å²) in [6.07, 6.45) is 6.15. The van der Waals surface area contributed by atoms with Gasteiger partial charge in [-0.25, -0.2) is 0 Å². The van der Waals surface area contributed by atoms with Crippen LogP contribution in [0.4, 0.5) is 17.8 Å². The zero-order valence-electron chi connectivity index (χ0n) is 9.74. The van der Waals surface area contributed by atoms with Crippen molar-refractivity contribution in [2.75, 3.05) is 23.3 Å². The Morgan fingerprint density at radius 2 is 1.56 bits per heavy atom. The summed E-state index contributed by atoms with van der Waals surface area (Å²) in [5.74, 6) is 0.766. The third kappa shape index (κ3) is 4.77. The Hall–Kier alpha value is -1.59. The van der Waals surface area contributed by atoms with Gasteiger partial charge >= 0.3 is 0 Å². The second-order valence-electron chi connectivity index (χ2n) is 3.72. The summed E-state index contributed by atoms with van der Waals surface area (Å²) in [5.41, 5.74) is 10.9. The molecule has 0 aromatic carbocycles. The number of unbranched alkanes of at least 4 members (excludes halogenated alkanes) is 4. The lowest BCUT2D eigenvalue weighted by Crippen LogP contribution is -2.10. The number of nitrogen functional groups attached to an aromatic ring is 2. The molecule has 0 atom stereocenters. The Bertz CT molecular complexity index is 294. The van der Waals surface area contributed by atoms with Crippen molar-refractivity contribution < 1.29 is 0 Å². The number of rotatable bonds is 7. The molecule has 0 aliphatic rings. The smallest absolute Gasteiger partial charge is 0.229 e. The minimum absolute atomic E-state index is 0.154. The van der Waals surface area contributed by atoms with Crippen LogP contribution in [0.15, 0.2) is 0 Å². The van der Waals surface area contributed by atoms with E-state index in [1.165, 1.54) is 25.7 Å². The third-order valence-electron chi connectivity index (χ3n) is 2.23. The maximum absolute atomic E-state index is 5.45. The number of anilines is 3. The lowest BCUT2D eigenvalue weighted by atomic mass is 10.1. The molecule has 5 N–H and O–H groups in total. The predicted molar refractivity (Wildman–Crippen MR) is 65.9 cm³/mol. The Labute approximate surface area is 95.9 Å². The molecule has 1 aromatic rings. The molecular weight excluding hydrogens is 204 g/mol. The SMILES string of the molecule is CCCCCCCNc1nc(N)nc(N)n1. The van der Waals surface area contributed by atoms with Crippen LogP contribution < -0.4 is 16.8 Å². The Morgan fingerprint density at radius 3 is 2.19 bits per heavy atom. The van der Waals surface area contributed by atoms with Gasteiger partial charge in [0.2, 0.25) is 17.8 Å². The molecule has 0 aliphatic heterocycles. The minimum atomic E-state index is 0.154. The summed E-state index contributed by atoms with van der Waals surface area (Å²) in [4.78, 5) is 11.6. The fraction of sp³-hybridized carbons (Fsp3) is 0.700. The van der Waals surface area contributed by atoms with Gasteiger partial charge in [-0.05, 0) is 6.42 Å². The normalized spacial score (nSPS) is 10.3. The van der Waals surface area contributed by atoms with Crippen molar-refractivity contribution in [3.63, 3.8) is 0 Å². The zero-order chi connectivity index (χ0) is 11.8. The van der Waals surface area contributed by atoms with Gasteiger partial charge in [0.15, 0.2) is 0 Å². The van der Waals surface area contributed by atoms with Crippen LogP contribution in [-0.4, -0.2) is 21.5 Å². The molecular formula is C10H20N6. The molecule has 16 heavy (non-hydrogen) atoms. The molecule has 0 spiro atoms. The van der Waals surface area contributed by atoms with Crippen molar-refractivity contribution in [2.45, 2.75) is 39.0 Å². The highest BCUT2D eigenvalue weighted by Crippen LogP contribution is 2.05. The summed E-state index contributed by atoms with van der Waals surface area (Å²) in [7, 11) is 0. The Morgan fingerprint density at radius 1 is 0.938 bits per heavy atom. The Kier molecular flexibility index (Phi) is 5.31. The van der Waals surface area contributed by atoms with Crippen molar-refractivity contribution in [2.24, 2.45) is 0 Å². The van der Waals surface area contributed by atoms with E-state index < -0.39 is 0 Å². The van der Waals surface area contributed by atoms with Gasteiger partial charge in [0.1, 0.15) is 0 Å². The van der Waals surface area contributed by atoms with Crippen LogP contribution in [0.25, 0.3) is 0 Å².